The van der Waals surface area contributed by atoms with Crippen LogP contribution in [0.25, 0.3) is 21.9 Å². The molecule has 1 aliphatic heterocycles. The van der Waals surface area contributed by atoms with Crippen LogP contribution in [0.5, 0.6) is 0 Å². The van der Waals surface area contributed by atoms with Gasteiger partial charge >= 0.3 is 0 Å². The number of hydrogen-bond donors (Lipinski definition) is 2. The third-order valence-electron chi connectivity index (χ3n) is 4.31. The molecule has 0 aromatic carbocycles. The van der Waals surface area contributed by atoms with Gasteiger partial charge in [0.15, 0.2) is 0 Å². The summed E-state index contributed by atoms with van der Waals surface area (Å²) in [7, 11) is -4.05. The maximum absolute atomic E-state index is 11.5. The van der Waals surface area contributed by atoms with E-state index in [0.717, 1.165) is 22.1 Å². The van der Waals surface area contributed by atoms with Gasteiger partial charge < -0.3 is 9.88 Å². The molecule has 0 radical (unpaired) electrons. The molecular weight excluding hydrogens is 318 g/mol. The number of fused-ring (bicyclic) bond motifs is 3. The Kier molecular flexibility index (Phi) is 3.20. The van der Waals surface area contributed by atoms with E-state index in [0.29, 0.717) is 24.9 Å². The van der Waals surface area contributed by atoms with E-state index in [-0.39, 0.29) is 6.54 Å². The number of nitrogens with one attached hydrogen (secondary N) is 1. The van der Waals surface area contributed by atoms with E-state index < -0.39 is 15.4 Å². The van der Waals surface area contributed by atoms with Crippen LogP contribution in [0.1, 0.15) is 12.8 Å². The summed E-state index contributed by atoms with van der Waals surface area (Å²) in [5.41, 5.74) is 2.22. The molecule has 1 saturated heterocycles. The van der Waals surface area contributed by atoms with Gasteiger partial charge in [0.1, 0.15) is 16.4 Å². The van der Waals surface area contributed by atoms with Gasteiger partial charge in [-0.25, -0.2) is 4.98 Å². The topological polar surface area (TPSA) is 112 Å². The van der Waals surface area contributed by atoms with Crippen molar-refractivity contribution in [2.45, 2.75) is 18.1 Å². The fourth-order valence-corrected chi connectivity index (χ4v) is 4.03. The monoisotopic (exact) mass is 333 g/mol. The molecule has 0 amide bonds. The summed E-state index contributed by atoms with van der Waals surface area (Å²) in [4.78, 5) is 9.31. The Labute approximate surface area is 132 Å². The van der Waals surface area contributed by atoms with Crippen molar-refractivity contribution in [3.05, 3.63) is 24.7 Å². The van der Waals surface area contributed by atoms with Crippen LogP contribution in [0, 0.1) is 0 Å². The number of piperidine rings is 1. The number of hydrogen-bond acceptors (Lipinski definition) is 6. The first-order chi connectivity index (χ1) is 11.0. The van der Waals surface area contributed by atoms with E-state index in [1.165, 1.54) is 0 Å². The zero-order valence-electron chi connectivity index (χ0n) is 12.2. The van der Waals surface area contributed by atoms with Gasteiger partial charge in [-0.05, 0) is 18.9 Å². The summed E-state index contributed by atoms with van der Waals surface area (Å²) in [6.45, 7) is 0.953. The SMILES string of the molecule is O=S(=O)(O)C1CCCN(c2cnnc3cnc4[nH]ccc4c23)C1. The number of aromatic nitrogens is 4. The Hall–Kier alpha value is -2.26. The molecule has 0 aliphatic carbocycles. The molecule has 23 heavy (non-hydrogen) atoms. The highest BCUT2D eigenvalue weighted by atomic mass is 32.2. The first-order valence-corrected chi connectivity index (χ1v) is 8.83. The lowest BCUT2D eigenvalue weighted by Gasteiger charge is -2.33. The van der Waals surface area contributed by atoms with Gasteiger partial charge in [0.25, 0.3) is 10.1 Å². The van der Waals surface area contributed by atoms with E-state index in [1.807, 2.05) is 11.0 Å². The van der Waals surface area contributed by atoms with Crippen LogP contribution in [-0.2, 0) is 10.1 Å². The number of aromatic amines is 1. The highest BCUT2D eigenvalue weighted by Gasteiger charge is 2.30. The molecule has 4 rings (SSSR count). The van der Waals surface area contributed by atoms with E-state index in [4.69, 9.17) is 0 Å². The first kappa shape index (κ1) is 14.3. The third kappa shape index (κ3) is 2.41. The highest BCUT2D eigenvalue weighted by molar-refractivity contribution is 7.86. The molecule has 1 fully saturated rings. The highest BCUT2D eigenvalue weighted by Crippen LogP contribution is 2.32. The van der Waals surface area contributed by atoms with E-state index in [1.54, 1.807) is 18.6 Å². The van der Waals surface area contributed by atoms with Crippen molar-refractivity contribution in [1.29, 1.82) is 0 Å². The predicted molar refractivity (Wildman–Crippen MR) is 86.0 cm³/mol. The second kappa shape index (κ2) is 5.14. The Morgan fingerprint density at radius 3 is 3.04 bits per heavy atom. The maximum Gasteiger partial charge on any atom is 0.269 e. The Morgan fingerprint density at radius 2 is 2.22 bits per heavy atom. The minimum absolute atomic E-state index is 0.244. The summed E-state index contributed by atoms with van der Waals surface area (Å²) in [5.74, 6) is 0. The quantitative estimate of drug-likeness (QED) is 0.681. The van der Waals surface area contributed by atoms with Crippen LogP contribution in [0.15, 0.2) is 24.7 Å². The third-order valence-corrected chi connectivity index (χ3v) is 5.54. The minimum atomic E-state index is -4.05. The molecule has 4 heterocycles. The number of H-pyrrole nitrogens is 1. The molecule has 120 valence electrons. The average molecular weight is 333 g/mol. The number of rotatable bonds is 2. The Balaban J connectivity index is 1.86. The van der Waals surface area contributed by atoms with Gasteiger partial charge in [-0.2, -0.15) is 13.5 Å². The molecule has 1 aliphatic rings. The standard InChI is InChI=1S/C14H15N5O3S/c20-23(21,22)9-2-1-5-19(8-9)12-7-17-18-11-6-16-14-10(13(11)12)3-4-15-14/h3-4,6-7,9H,1-2,5,8H2,(H,15,16)(H,20,21,22). The van der Waals surface area contributed by atoms with Crippen molar-refractivity contribution in [1.82, 2.24) is 20.2 Å². The largest absolute Gasteiger partial charge is 0.368 e. The van der Waals surface area contributed by atoms with Gasteiger partial charge in [-0.15, -0.1) is 5.10 Å². The van der Waals surface area contributed by atoms with Gasteiger partial charge in [0.2, 0.25) is 0 Å². The molecule has 0 spiro atoms. The lowest BCUT2D eigenvalue weighted by atomic mass is 10.1. The number of pyridine rings is 1. The summed E-state index contributed by atoms with van der Waals surface area (Å²) in [6.07, 6.45) is 6.25. The van der Waals surface area contributed by atoms with Gasteiger partial charge in [-0.1, -0.05) is 0 Å². The van der Waals surface area contributed by atoms with Crippen molar-refractivity contribution < 1.29 is 13.0 Å². The van der Waals surface area contributed by atoms with E-state index in [2.05, 4.69) is 20.2 Å². The summed E-state index contributed by atoms with van der Waals surface area (Å²) in [6, 6.07) is 1.92. The lowest BCUT2D eigenvalue weighted by molar-refractivity contribution is 0.447. The fraction of sp³-hybridized carbons (Fsp3) is 0.357. The minimum Gasteiger partial charge on any atom is -0.368 e. The van der Waals surface area contributed by atoms with Crippen molar-refractivity contribution in [2.75, 3.05) is 18.0 Å². The first-order valence-electron chi connectivity index (χ1n) is 7.33. The molecule has 3 aromatic rings. The molecule has 3 aromatic heterocycles. The second-order valence-electron chi connectivity index (χ2n) is 5.71. The molecule has 8 nitrogen and oxygen atoms in total. The molecule has 0 bridgehead atoms. The van der Waals surface area contributed by atoms with Crippen molar-refractivity contribution in [3.63, 3.8) is 0 Å². The molecule has 1 unspecified atom stereocenters. The molecule has 1 atom stereocenters. The number of nitrogens with zero attached hydrogens (tertiary/aromatic N) is 4. The van der Waals surface area contributed by atoms with Crippen LogP contribution in [0.4, 0.5) is 5.69 Å². The van der Waals surface area contributed by atoms with Crippen molar-refractivity contribution in [3.8, 4) is 0 Å². The van der Waals surface area contributed by atoms with Crippen LogP contribution in [0.3, 0.4) is 0 Å². The van der Waals surface area contributed by atoms with Gasteiger partial charge in [-0.3, -0.25) is 4.55 Å². The smallest absolute Gasteiger partial charge is 0.269 e. The van der Waals surface area contributed by atoms with Crippen molar-refractivity contribution in [2.24, 2.45) is 0 Å². The molecule has 2 N–H and O–H groups in total. The van der Waals surface area contributed by atoms with Gasteiger partial charge in [0, 0.05) is 30.1 Å². The summed E-state index contributed by atoms with van der Waals surface area (Å²) >= 11 is 0. The van der Waals surface area contributed by atoms with Crippen LogP contribution in [-0.4, -0.2) is 51.5 Å². The molecule has 0 saturated carbocycles. The van der Waals surface area contributed by atoms with Crippen molar-refractivity contribution >= 4 is 37.7 Å². The Bertz CT molecular complexity index is 984. The second-order valence-corrected chi connectivity index (χ2v) is 7.41. The lowest BCUT2D eigenvalue weighted by Crippen LogP contribution is -2.42. The fourth-order valence-electron chi connectivity index (χ4n) is 3.19. The van der Waals surface area contributed by atoms with Crippen LogP contribution >= 0.6 is 0 Å². The maximum atomic E-state index is 11.5. The average Bonchev–Trinajstić information content (AvgIpc) is 3.02. The summed E-state index contributed by atoms with van der Waals surface area (Å²) < 4.78 is 32.3. The zero-order valence-corrected chi connectivity index (χ0v) is 13.0. The normalized spacial score (nSPS) is 19.5. The Morgan fingerprint density at radius 1 is 1.35 bits per heavy atom. The molecular formula is C14H15N5O3S. The van der Waals surface area contributed by atoms with Gasteiger partial charge in [0.05, 0.1) is 18.1 Å². The van der Waals surface area contributed by atoms with Crippen LogP contribution in [0.2, 0.25) is 0 Å². The number of anilines is 1. The van der Waals surface area contributed by atoms with E-state index in [9.17, 15) is 13.0 Å². The molecule has 9 heteroatoms. The zero-order chi connectivity index (χ0) is 16.0. The van der Waals surface area contributed by atoms with E-state index >= 15 is 0 Å². The summed E-state index contributed by atoms with van der Waals surface area (Å²) in [5, 5.41) is 9.16. The van der Waals surface area contributed by atoms with Crippen LogP contribution < -0.4 is 4.90 Å². The predicted octanol–water partition coefficient (Wildman–Crippen LogP) is 1.36.